The lowest BCUT2D eigenvalue weighted by molar-refractivity contribution is -0.275. The van der Waals surface area contributed by atoms with Crippen LogP contribution in [0.25, 0.3) is 0 Å². The van der Waals surface area contributed by atoms with E-state index < -0.39 is 43.6 Å². The highest BCUT2D eigenvalue weighted by molar-refractivity contribution is 8.13. The summed E-state index contributed by atoms with van der Waals surface area (Å²) >= 11 is 0. The minimum atomic E-state index is -5.38. The molecule has 0 unspecified atom stereocenters. The van der Waals surface area contributed by atoms with Crippen molar-refractivity contribution in [1.82, 2.24) is 0 Å². The Morgan fingerprint density at radius 2 is 1.85 bits per heavy atom. The Morgan fingerprint density at radius 1 is 1.30 bits per heavy atom. The number of rotatable bonds is 3. The standard InChI is InChI=1S/C9H3ClF5NO3S/c10-20(17,18)5-2-1-4(3-16)7(6(5)8(11)12)19-9(13,14)15/h1-2,8H. The zero-order valence-electron chi connectivity index (χ0n) is 9.08. The largest absolute Gasteiger partial charge is 0.573 e. The van der Waals surface area contributed by atoms with Gasteiger partial charge < -0.3 is 4.74 Å². The highest BCUT2D eigenvalue weighted by Crippen LogP contribution is 2.40. The van der Waals surface area contributed by atoms with E-state index in [-0.39, 0.29) is 0 Å². The number of hydrogen-bond acceptors (Lipinski definition) is 4. The molecule has 110 valence electrons. The summed E-state index contributed by atoms with van der Waals surface area (Å²) in [5.74, 6) is -1.59. The van der Waals surface area contributed by atoms with E-state index in [9.17, 15) is 30.4 Å². The van der Waals surface area contributed by atoms with Crippen LogP contribution in [-0.2, 0) is 9.05 Å². The molecule has 0 fully saturated rings. The quantitative estimate of drug-likeness (QED) is 0.627. The summed E-state index contributed by atoms with van der Waals surface area (Å²) < 4.78 is 87.7. The molecule has 0 aliphatic carbocycles. The fraction of sp³-hybridized carbons (Fsp3) is 0.222. The number of benzene rings is 1. The average molecular weight is 336 g/mol. The third-order valence-electron chi connectivity index (χ3n) is 1.98. The van der Waals surface area contributed by atoms with Crippen LogP contribution in [0.15, 0.2) is 17.0 Å². The summed E-state index contributed by atoms with van der Waals surface area (Å²) in [6, 6.07) is 2.29. The smallest absolute Gasteiger partial charge is 0.404 e. The first-order valence-corrected chi connectivity index (χ1v) is 6.84. The van der Waals surface area contributed by atoms with Crippen molar-refractivity contribution in [3.8, 4) is 11.8 Å². The molecule has 1 aromatic rings. The molecule has 0 N–H and O–H groups in total. The lowest BCUT2D eigenvalue weighted by Crippen LogP contribution is -2.20. The van der Waals surface area contributed by atoms with E-state index in [0.29, 0.717) is 12.1 Å². The highest BCUT2D eigenvalue weighted by Gasteiger charge is 2.37. The molecular formula is C9H3ClF5NO3S. The minimum Gasteiger partial charge on any atom is -0.404 e. The second kappa shape index (κ2) is 5.41. The van der Waals surface area contributed by atoms with Crippen LogP contribution in [0.4, 0.5) is 22.0 Å². The summed E-state index contributed by atoms with van der Waals surface area (Å²) in [7, 11) is 0.120. The third-order valence-corrected chi connectivity index (χ3v) is 3.36. The molecule has 0 aromatic heterocycles. The van der Waals surface area contributed by atoms with Crippen LogP contribution in [0, 0.1) is 11.3 Å². The maximum Gasteiger partial charge on any atom is 0.573 e. The van der Waals surface area contributed by atoms with Gasteiger partial charge in [-0.1, -0.05) is 0 Å². The SMILES string of the molecule is N#Cc1ccc(S(=O)(=O)Cl)c(C(F)F)c1OC(F)(F)F. The lowest BCUT2D eigenvalue weighted by Gasteiger charge is -2.16. The second-order valence-electron chi connectivity index (χ2n) is 3.25. The molecule has 0 radical (unpaired) electrons. The second-order valence-corrected chi connectivity index (χ2v) is 5.79. The molecule has 20 heavy (non-hydrogen) atoms. The van der Waals surface area contributed by atoms with Crippen LogP contribution < -0.4 is 4.74 Å². The molecule has 1 rings (SSSR count). The average Bonchev–Trinajstić information content (AvgIpc) is 2.24. The predicted molar refractivity (Wildman–Crippen MR) is 55.8 cm³/mol. The zero-order chi connectivity index (χ0) is 15.7. The highest BCUT2D eigenvalue weighted by atomic mass is 35.7. The fourth-order valence-corrected chi connectivity index (χ4v) is 2.39. The van der Waals surface area contributed by atoms with Gasteiger partial charge in [-0.25, -0.2) is 17.2 Å². The van der Waals surface area contributed by atoms with E-state index in [1.165, 1.54) is 6.07 Å². The van der Waals surface area contributed by atoms with Crippen molar-refractivity contribution in [2.24, 2.45) is 0 Å². The third kappa shape index (κ3) is 3.71. The van der Waals surface area contributed by atoms with Crippen LogP contribution in [0.1, 0.15) is 17.6 Å². The molecule has 0 saturated heterocycles. The van der Waals surface area contributed by atoms with E-state index in [1.54, 1.807) is 0 Å². The van der Waals surface area contributed by atoms with Gasteiger partial charge in [0.05, 0.1) is 16.0 Å². The Balaban J connectivity index is 3.73. The number of alkyl halides is 5. The fourth-order valence-electron chi connectivity index (χ4n) is 1.31. The van der Waals surface area contributed by atoms with E-state index >= 15 is 0 Å². The van der Waals surface area contributed by atoms with Crippen LogP contribution in [0.3, 0.4) is 0 Å². The van der Waals surface area contributed by atoms with Gasteiger partial charge in [0.25, 0.3) is 15.5 Å². The number of ether oxygens (including phenoxy) is 1. The van der Waals surface area contributed by atoms with Crippen molar-refractivity contribution in [1.29, 1.82) is 5.26 Å². The molecular weight excluding hydrogens is 333 g/mol. The first kappa shape index (κ1) is 16.5. The monoisotopic (exact) mass is 335 g/mol. The summed E-state index contributed by atoms with van der Waals surface area (Å²) in [5.41, 5.74) is -2.52. The zero-order valence-corrected chi connectivity index (χ0v) is 10.7. The number of nitrogens with zero attached hydrogens (tertiary/aromatic N) is 1. The topological polar surface area (TPSA) is 67.2 Å². The van der Waals surface area contributed by atoms with Gasteiger partial charge in [0.2, 0.25) is 0 Å². The summed E-state index contributed by atoms with van der Waals surface area (Å²) in [6.07, 6.45) is -9.03. The maximum absolute atomic E-state index is 12.8. The van der Waals surface area contributed by atoms with Crippen molar-refractivity contribution < 1.29 is 35.1 Å². The first-order chi connectivity index (χ1) is 8.97. The Labute approximate surface area is 113 Å². The number of halogens is 6. The van der Waals surface area contributed by atoms with Gasteiger partial charge in [0.15, 0.2) is 5.75 Å². The molecule has 0 amide bonds. The molecule has 0 aliphatic heterocycles. The number of hydrogen-bond donors (Lipinski definition) is 0. The van der Waals surface area contributed by atoms with Gasteiger partial charge in [-0.15, -0.1) is 13.2 Å². The molecule has 4 nitrogen and oxygen atoms in total. The summed E-state index contributed by atoms with van der Waals surface area (Å²) in [5, 5.41) is 8.59. The van der Waals surface area contributed by atoms with Gasteiger partial charge >= 0.3 is 6.36 Å². The molecule has 0 aliphatic rings. The molecule has 0 atom stereocenters. The summed E-state index contributed by atoms with van der Waals surface area (Å²) in [6.45, 7) is 0. The Morgan fingerprint density at radius 3 is 2.20 bits per heavy atom. The normalized spacial score (nSPS) is 12.3. The van der Waals surface area contributed by atoms with E-state index in [2.05, 4.69) is 4.74 Å². The molecule has 0 bridgehead atoms. The van der Waals surface area contributed by atoms with E-state index in [0.717, 1.165) is 0 Å². The van der Waals surface area contributed by atoms with Crippen LogP contribution in [0.5, 0.6) is 5.75 Å². The molecule has 1 aromatic carbocycles. The van der Waals surface area contributed by atoms with Crippen molar-refractivity contribution in [2.75, 3.05) is 0 Å². The molecule has 0 saturated carbocycles. The molecule has 11 heteroatoms. The van der Waals surface area contributed by atoms with Gasteiger partial charge in [-0.05, 0) is 12.1 Å². The predicted octanol–water partition coefficient (Wildman–Crippen LogP) is 3.32. The van der Waals surface area contributed by atoms with Gasteiger partial charge in [0.1, 0.15) is 6.07 Å². The van der Waals surface area contributed by atoms with Crippen molar-refractivity contribution in [2.45, 2.75) is 17.7 Å². The van der Waals surface area contributed by atoms with E-state index in [4.69, 9.17) is 15.9 Å². The van der Waals surface area contributed by atoms with Crippen molar-refractivity contribution in [3.63, 3.8) is 0 Å². The molecule has 0 spiro atoms. The Hall–Kier alpha value is -1.60. The lowest BCUT2D eigenvalue weighted by atomic mass is 10.1. The number of nitriles is 1. The van der Waals surface area contributed by atoms with Crippen LogP contribution in [0.2, 0.25) is 0 Å². The summed E-state index contributed by atoms with van der Waals surface area (Å²) in [4.78, 5) is -1.26. The maximum atomic E-state index is 12.8. The van der Waals surface area contributed by atoms with Crippen LogP contribution >= 0.6 is 10.7 Å². The Kier molecular flexibility index (Phi) is 4.45. The minimum absolute atomic E-state index is 0.506. The Bertz CT molecular complexity index is 665. The van der Waals surface area contributed by atoms with Gasteiger partial charge in [-0.3, -0.25) is 0 Å². The first-order valence-electron chi connectivity index (χ1n) is 4.53. The van der Waals surface area contributed by atoms with Gasteiger partial charge in [-0.2, -0.15) is 5.26 Å². The van der Waals surface area contributed by atoms with Crippen molar-refractivity contribution >= 4 is 19.7 Å². The van der Waals surface area contributed by atoms with Gasteiger partial charge in [0, 0.05) is 10.7 Å². The van der Waals surface area contributed by atoms with Crippen molar-refractivity contribution in [3.05, 3.63) is 23.3 Å². The van der Waals surface area contributed by atoms with E-state index in [1.807, 2.05) is 0 Å². The van der Waals surface area contributed by atoms with Crippen LogP contribution in [-0.4, -0.2) is 14.8 Å². The molecule has 0 heterocycles.